The van der Waals surface area contributed by atoms with Crippen molar-refractivity contribution in [2.75, 3.05) is 5.32 Å². The van der Waals surface area contributed by atoms with Gasteiger partial charge in [-0.3, -0.25) is 18.7 Å². The number of nitrogens with zero attached hydrogens (tertiary/aromatic N) is 2. The Bertz CT molecular complexity index is 1460. The monoisotopic (exact) mass is 420 g/mol. The van der Waals surface area contributed by atoms with Crippen LogP contribution >= 0.6 is 11.6 Å². The summed E-state index contributed by atoms with van der Waals surface area (Å²) in [4.78, 5) is 41.9. The van der Waals surface area contributed by atoms with Crippen LogP contribution in [0, 0.1) is 0 Å². The summed E-state index contributed by atoms with van der Waals surface area (Å²) in [5.74, 6) is -0.908. The molecule has 1 aliphatic rings. The summed E-state index contributed by atoms with van der Waals surface area (Å²) in [5.41, 5.74) is 2.90. The number of para-hydroxylation sites is 1. The fourth-order valence-electron chi connectivity index (χ4n) is 4.17. The molecule has 1 atom stereocenters. The van der Waals surface area contributed by atoms with Gasteiger partial charge in [0.1, 0.15) is 5.65 Å². The Balaban J connectivity index is 1.94. The number of H-pyrrole nitrogens is 1. The molecule has 150 valence electrons. The summed E-state index contributed by atoms with van der Waals surface area (Å²) >= 11 is 6.05. The van der Waals surface area contributed by atoms with Crippen LogP contribution in [-0.4, -0.2) is 20.0 Å². The summed E-state index contributed by atoms with van der Waals surface area (Å²) in [5, 5.41) is 3.79. The van der Waals surface area contributed by atoms with Crippen molar-refractivity contribution in [1.29, 1.82) is 0 Å². The van der Waals surface area contributed by atoms with Crippen molar-refractivity contribution >= 4 is 34.2 Å². The average molecular weight is 421 g/mol. The maximum absolute atomic E-state index is 13.2. The van der Waals surface area contributed by atoms with Gasteiger partial charge in [0.15, 0.2) is 0 Å². The molecule has 0 bridgehead atoms. The summed E-state index contributed by atoms with van der Waals surface area (Å²) in [6.07, 6.45) is 0. The number of halogens is 1. The van der Waals surface area contributed by atoms with E-state index in [0.29, 0.717) is 33.0 Å². The smallest absolute Gasteiger partial charge is 0.332 e. The van der Waals surface area contributed by atoms with Gasteiger partial charge in [0.05, 0.1) is 17.0 Å². The highest BCUT2D eigenvalue weighted by atomic mass is 35.5. The number of fused-ring (bicyclic) bond motifs is 2. The molecule has 8 heteroatoms. The van der Waals surface area contributed by atoms with E-state index in [1.807, 2.05) is 36.4 Å². The highest BCUT2D eigenvalue weighted by Gasteiger charge is 2.37. The molecule has 3 heterocycles. The predicted octanol–water partition coefficient (Wildman–Crippen LogP) is 2.97. The number of rotatable bonds is 2. The van der Waals surface area contributed by atoms with Gasteiger partial charge in [0.2, 0.25) is 5.91 Å². The first-order valence-corrected chi connectivity index (χ1v) is 9.73. The minimum Gasteiger partial charge on any atom is -0.340 e. The molecule has 0 radical (unpaired) electrons. The van der Waals surface area contributed by atoms with Crippen LogP contribution in [0.2, 0.25) is 5.02 Å². The fourth-order valence-corrected chi connectivity index (χ4v) is 4.30. The zero-order chi connectivity index (χ0) is 21.2. The van der Waals surface area contributed by atoms with E-state index in [2.05, 4.69) is 10.3 Å². The normalized spacial score (nSPS) is 15.4. The number of carbonyl (C=O) groups is 1. The zero-order valence-electron chi connectivity index (χ0n) is 16.2. The molecule has 30 heavy (non-hydrogen) atoms. The van der Waals surface area contributed by atoms with E-state index in [-0.39, 0.29) is 5.91 Å². The van der Waals surface area contributed by atoms with Gasteiger partial charge in [0, 0.05) is 30.4 Å². The summed E-state index contributed by atoms with van der Waals surface area (Å²) < 4.78 is 2.45. The second-order valence-electron chi connectivity index (χ2n) is 7.36. The highest BCUT2D eigenvalue weighted by Crippen LogP contribution is 2.43. The summed E-state index contributed by atoms with van der Waals surface area (Å²) in [6.45, 7) is 0. The van der Waals surface area contributed by atoms with Crippen LogP contribution < -0.4 is 16.6 Å². The standard InChI is InChI=1S/C22H17ClN4O3/c1-26-19-17(21(29)27(2)22(26)30)16(18(25-19)11-7-9-12(23)10-8-11)15-13-5-3-4-6-14(13)24-20(15)28/h3-10,15,25H,1-2H3,(H,24,28). The van der Waals surface area contributed by atoms with Crippen LogP contribution in [0.25, 0.3) is 22.3 Å². The molecule has 1 amide bonds. The number of hydrogen-bond donors (Lipinski definition) is 2. The van der Waals surface area contributed by atoms with Crippen LogP contribution in [0.15, 0.2) is 58.1 Å². The predicted molar refractivity (Wildman–Crippen MR) is 116 cm³/mol. The van der Waals surface area contributed by atoms with Crippen LogP contribution in [0.4, 0.5) is 5.69 Å². The number of hydrogen-bond acceptors (Lipinski definition) is 3. The zero-order valence-corrected chi connectivity index (χ0v) is 16.9. The van der Waals surface area contributed by atoms with Crippen LogP contribution in [0.5, 0.6) is 0 Å². The van der Waals surface area contributed by atoms with Gasteiger partial charge in [-0.15, -0.1) is 0 Å². The lowest BCUT2D eigenvalue weighted by molar-refractivity contribution is -0.116. The number of anilines is 1. The van der Waals surface area contributed by atoms with Crippen molar-refractivity contribution in [2.24, 2.45) is 14.1 Å². The van der Waals surface area contributed by atoms with Gasteiger partial charge >= 0.3 is 5.69 Å². The largest absolute Gasteiger partial charge is 0.340 e. The number of benzene rings is 2. The molecule has 0 spiro atoms. The van der Waals surface area contributed by atoms with Crippen LogP contribution in [0.1, 0.15) is 17.0 Å². The first-order valence-electron chi connectivity index (χ1n) is 9.35. The third kappa shape index (κ3) is 2.48. The molecule has 1 unspecified atom stereocenters. The van der Waals surface area contributed by atoms with Crippen molar-refractivity contribution in [2.45, 2.75) is 5.92 Å². The number of aryl methyl sites for hydroxylation is 1. The molecule has 2 N–H and O–H groups in total. The molecule has 4 aromatic rings. The fraction of sp³-hybridized carbons (Fsp3) is 0.136. The topological polar surface area (TPSA) is 88.9 Å². The summed E-state index contributed by atoms with van der Waals surface area (Å²) in [7, 11) is 3.03. The quantitative estimate of drug-likeness (QED) is 0.522. The maximum Gasteiger partial charge on any atom is 0.332 e. The van der Waals surface area contributed by atoms with Gasteiger partial charge in [0.25, 0.3) is 5.56 Å². The second-order valence-corrected chi connectivity index (χ2v) is 7.80. The second kappa shape index (κ2) is 6.47. The van der Waals surface area contributed by atoms with E-state index >= 15 is 0 Å². The van der Waals surface area contributed by atoms with Gasteiger partial charge in [-0.2, -0.15) is 0 Å². The van der Waals surface area contributed by atoms with E-state index in [1.165, 1.54) is 11.6 Å². The Morgan fingerprint density at radius 2 is 1.63 bits per heavy atom. The third-order valence-electron chi connectivity index (χ3n) is 5.66. The number of nitrogens with one attached hydrogen (secondary N) is 2. The Kier molecular flexibility index (Phi) is 3.98. The molecule has 5 rings (SSSR count). The third-order valence-corrected chi connectivity index (χ3v) is 5.91. The number of aromatic nitrogens is 3. The molecule has 0 fully saturated rings. The molecule has 0 saturated heterocycles. The van der Waals surface area contributed by atoms with Gasteiger partial charge in [-0.1, -0.05) is 41.9 Å². The first-order chi connectivity index (χ1) is 14.4. The van der Waals surface area contributed by atoms with Gasteiger partial charge in [-0.25, -0.2) is 4.79 Å². The maximum atomic E-state index is 13.2. The summed E-state index contributed by atoms with van der Waals surface area (Å²) in [6, 6.07) is 14.5. The molecule has 1 aliphatic heterocycles. The number of amides is 1. The van der Waals surface area contributed by atoms with E-state index in [0.717, 1.165) is 15.7 Å². The van der Waals surface area contributed by atoms with Crippen molar-refractivity contribution in [3.05, 3.63) is 85.5 Å². The molecule has 0 aliphatic carbocycles. The van der Waals surface area contributed by atoms with Crippen molar-refractivity contribution < 1.29 is 4.79 Å². The van der Waals surface area contributed by atoms with Gasteiger partial charge in [-0.05, 0) is 29.3 Å². The van der Waals surface area contributed by atoms with E-state index < -0.39 is 17.2 Å². The minimum absolute atomic E-state index is 0.219. The van der Waals surface area contributed by atoms with Crippen molar-refractivity contribution in [1.82, 2.24) is 14.1 Å². The van der Waals surface area contributed by atoms with Gasteiger partial charge < -0.3 is 10.3 Å². The van der Waals surface area contributed by atoms with Crippen molar-refractivity contribution in [3.8, 4) is 11.3 Å². The Morgan fingerprint density at radius 1 is 0.933 bits per heavy atom. The SMILES string of the molecule is Cn1c(=O)c2c(C3C(=O)Nc4ccccc43)c(-c3ccc(Cl)cc3)[nH]c2n(C)c1=O. The lowest BCUT2D eigenvalue weighted by Crippen LogP contribution is -2.37. The molecule has 2 aromatic heterocycles. The lowest BCUT2D eigenvalue weighted by atomic mass is 9.89. The van der Waals surface area contributed by atoms with Crippen molar-refractivity contribution in [3.63, 3.8) is 0 Å². The van der Waals surface area contributed by atoms with E-state index in [9.17, 15) is 14.4 Å². The lowest BCUT2D eigenvalue weighted by Gasteiger charge is -2.12. The average Bonchev–Trinajstić information content (AvgIpc) is 3.28. The molecular formula is C22H17ClN4O3. The molecule has 2 aromatic carbocycles. The minimum atomic E-state index is -0.689. The number of carbonyl (C=O) groups excluding carboxylic acids is 1. The number of aromatic amines is 1. The Labute approximate surface area is 175 Å². The van der Waals surface area contributed by atoms with E-state index in [4.69, 9.17) is 11.6 Å². The highest BCUT2D eigenvalue weighted by molar-refractivity contribution is 6.30. The van der Waals surface area contributed by atoms with E-state index in [1.54, 1.807) is 19.2 Å². The molecular weight excluding hydrogens is 404 g/mol. The van der Waals surface area contributed by atoms with Crippen LogP contribution in [-0.2, 0) is 18.9 Å². The first kappa shape index (κ1) is 18.4. The molecule has 0 saturated carbocycles. The Hall–Kier alpha value is -3.58. The van der Waals surface area contributed by atoms with Crippen LogP contribution in [0.3, 0.4) is 0 Å². The Morgan fingerprint density at radius 3 is 2.37 bits per heavy atom. The molecule has 7 nitrogen and oxygen atoms in total.